The topological polar surface area (TPSA) is 99.6 Å². The molecule has 10 heteroatoms. The fraction of sp³-hybridized carbons (Fsp3) is 0.298. The molecule has 8 rings (SSSR count). The van der Waals surface area contributed by atoms with Gasteiger partial charge in [-0.3, -0.25) is 19.3 Å². The van der Waals surface area contributed by atoms with Gasteiger partial charge in [-0.15, -0.1) is 0 Å². The number of para-hydroxylation sites is 2. The predicted molar refractivity (Wildman–Crippen MR) is 224 cm³/mol. The predicted octanol–water partition coefficient (Wildman–Crippen LogP) is 7.09. The number of amides is 3. The van der Waals surface area contributed by atoms with Gasteiger partial charge in [-0.05, 0) is 71.1 Å². The Labute approximate surface area is 335 Å². The second-order valence-electron chi connectivity index (χ2n) is 16.1. The maximum absolute atomic E-state index is 15.3. The zero-order valence-electron chi connectivity index (χ0n) is 32.9. The van der Waals surface area contributed by atoms with Crippen LogP contribution >= 0.6 is 0 Å². The number of methoxy groups -OCH3 is 1. The van der Waals surface area contributed by atoms with Crippen molar-refractivity contribution in [1.82, 2.24) is 4.90 Å². The summed E-state index contributed by atoms with van der Waals surface area (Å²) in [5, 5.41) is 11.7. The van der Waals surface area contributed by atoms with Crippen molar-refractivity contribution < 1.29 is 29.0 Å². The third kappa shape index (κ3) is 6.65. The minimum Gasteiger partial charge on any atom is -0.497 e. The normalized spacial score (nSPS) is 22.6. The van der Waals surface area contributed by atoms with Gasteiger partial charge in [0.15, 0.2) is 5.60 Å². The molecule has 0 aromatic heterocycles. The molecule has 5 aromatic rings. The van der Waals surface area contributed by atoms with Gasteiger partial charge < -0.3 is 24.4 Å². The number of aliphatic hydroxyl groups excluding tert-OH is 1. The Hall–Kier alpha value is -5.55. The van der Waals surface area contributed by atoms with E-state index in [0.29, 0.717) is 19.5 Å². The molecule has 5 aromatic carbocycles. The molecule has 0 saturated carbocycles. The van der Waals surface area contributed by atoms with Crippen LogP contribution in [0.3, 0.4) is 0 Å². The van der Waals surface area contributed by atoms with E-state index in [-0.39, 0.29) is 42.3 Å². The van der Waals surface area contributed by atoms with Crippen molar-refractivity contribution in [2.24, 2.45) is 5.92 Å². The molecule has 1 fully saturated rings. The van der Waals surface area contributed by atoms with Gasteiger partial charge in [0, 0.05) is 29.4 Å². The number of carbonyl (C=O) groups excluding carboxylic acids is 3. The first kappa shape index (κ1) is 38.3. The second-order valence-corrected chi connectivity index (χ2v) is 20.8. The standard InChI is InChI=1S/C47H49N3O6Si/c1-32-45(57(3,4)40-24-22-39(55-2)23-25-40)43(27-44(53)48-29-35-13-9-8-12-34(35)26-38(48)30-51)56-47(32)41-16-10-11-17-42(41)49(46(47)54)28-33-18-20-37(21-19-33)50(31-52)36-14-6-5-7-15-36/h5-25,31-32,38,43,45,51H,26-30H2,1-4H3/t32-,38+,43+,45-,47+/m1/s1. The van der Waals surface area contributed by atoms with E-state index in [1.807, 2.05) is 119 Å². The summed E-state index contributed by atoms with van der Waals surface area (Å²) in [4.78, 5) is 47.2. The maximum Gasteiger partial charge on any atom is 0.264 e. The number of ether oxygens (including phenoxy) is 2. The number of rotatable bonds is 11. The molecular formula is C47H49N3O6Si. The lowest BCUT2D eigenvalue weighted by molar-refractivity contribution is -0.151. The molecule has 3 aliphatic rings. The first-order chi connectivity index (χ1) is 27.6. The second kappa shape index (κ2) is 15.4. The molecule has 57 heavy (non-hydrogen) atoms. The van der Waals surface area contributed by atoms with E-state index >= 15 is 4.79 Å². The largest absolute Gasteiger partial charge is 0.497 e. The van der Waals surface area contributed by atoms with Gasteiger partial charge >= 0.3 is 0 Å². The van der Waals surface area contributed by atoms with Crippen molar-refractivity contribution in [3.8, 4) is 5.75 Å². The van der Waals surface area contributed by atoms with Crippen LogP contribution in [0.25, 0.3) is 0 Å². The summed E-state index contributed by atoms with van der Waals surface area (Å²) in [6, 6.07) is 41.0. The number of carbonyl (C=O) groups is 3. The highest BCUT2D eigenvalue weighted by Crippen LogP contribution is 2.60. The van der Waals surface area contributed by atoms with Crippen LogP contribution in [-0.2, 0) is 44.2 Å². The smallest absolute Gasteiger partial charge is 0.264 e. The van der Waals surface area contributed by atoms with Crippen LogP contribution in [0, 0.1) is 5.92 Å². The molecule has 292 valence electrons. The lowest BCUT2D eigenvalue weighted by atomic mass is 9.82. The van der Waals surface area contributed by atoms with Crippen molar-refractivity contribution in [1.29, 1.82) is 0 Å². The summed E-state index contributed by atoms with van der Waals surface area (Å²) >= 11 is 0. The van der Waals surface area contributed by atoms with E-state index in [0.717, 1.165) is 51.5 Å². The van der Waals surface area contributed by atoms with Crippen LogP contribution in [0.1, 0.15) is 35.6 Å². The lowest BCUT2D eigenvalue weighted by Crippen LogP contribution is -2.52. The number of anilines is 3. The van der Waals surface area contributed by atoms with Crippen molar-refractivity contribution in [3.63, 3.8) is 0 Å². The number of hydrogen-bond acceptors (Lipinski definition) is 6. The van der Waals surface area contributed by atoms with E-state index < -0.39 is 19.8 Å². The van der Waals surface area contributed by atoms with Crippen LogP contribution in [-0.4, -0.2) is 62.2 Å². The van der Waals surface area contributed by atoms with Crippen LogP contribution in [0.4, 0.5) is 17.1 Å². The van der Waals surface area contributed by atoms with Crippen molar-refractivity contribution >= 4 is 48.5 Å². The fourth-order valence-electron chi connectivity index (χ4n) is 9.76. The number of benzene rings is 5. The summed E-state index contributed by atoms with van der Waals surface area (Å²) in [6.07, 6.45) is 0.917. The van der Waals surface area contributed by atoms with Crippen LogP contribution in [0.5, 0.6) is 5.75 Å². The van der Waals surface area contributed by atoms with Crippen molar-refractivity contribution in [3.05, 3.63) is 150 Å². The Morgan fingerprint density at radius 3 is 2.23 bits per heavy atom. The third-order valence-corrected chi connectivity index (χ3v) is 17.1. The highest BCUT2D eigenvalue weighted by atomic mass is 28.3. The van der Waals surface area contributed by atoms with E-state index in [9.17, 15) is 14.7 Å². The molecule has 5 atom stereocenters. The minimum atomic E-state index is -2.50. The molecule has 3 heterocycles. The first-order valence-electron chi connectivity index (χ1n) is 19.7. The van der Waals surface area contributed by atoms with Crippen LogP contribution < -0.4 is 19.7 Å². The first-order valence-corrected chi connectivity index (χ1v) is 22.8. The van der Waals surface area contributed by atoms with Gasteiger partial charge in [-0.2, -0.15) is 0 Å². The Kier molecular flexibility index (Phi) is 10.4. The van der Waals surface area contributed by atoms with E-state index in [1.165, 1.54) is 5.19 Å². The molecule has 1 N–H and O–H groups in total. The van der Waals surface area contributed by atoms with Crippen molar-refractivity contribution in [2.75, 3.05) is 23.5 Å². The number of nitrogens with zero attached hydrogens (tertiary/aromatic N) is 3. The van der Waals surface area contributed by atoms with E-state index in [2.05, 4.69) is 38.2 Å². The minimum absolute atomic E-state index is 0.0853. The zero-order chi connectivity index (χ0) is 39.9. The van der Waals surface area contributed by atoms with Gasteiger partial charge in [-0.1, -0.05) is 110 Å². The van der Waals surface area contributed by atoms with Gasteiger partial charge in [0.05, 0.1) is 52.6 Å². The summed E-state index contributed by atoms with van der Waals surface area (Å²) in [5.74, 6) is 0.268. The number of fused-ring (bicyclic) bond motifs is 3. The number of hydrogen-bond donors (Lipinski definition) is 1. The molecular weight excluding hydrogens is 731 g/mol. The van der Waals surface area contributed by atoms with E-state index in [1.54, 1.807) is 12.0 Å². The average Bonchev–Trinajstić information content (AvgIpc) is 3.67. The Morgan fingerprint density at radius 1 is 0.895 bits per heavy atom. The lowest BCUT2D eigenvalue weighted by Gasteiger charge is -2.39. The fourth-order valence-corrected chi connectivity index (χ4v) is 13.8. The third-order valence-electron chi connectivity index (χ3n) is 12.7. The summed E-state index contributed by atoms with van der Waals surface area (Å²) in [6.45, 7) is 7.34. The monoisotopic (exact) mass is 779 g/mol. The summed E-state index contributed by atoms with van der Waals surface area (Å²) in [7, 11) is -0.846. The van der Waals surface area contributed by atoms with Crippen LogP contribution in [0.2, 0.25) is 18.6 Å². The average molecular weight is 780 g/mol. The zero-order valence-corrected chi connectivity index (χ0v) is 33.9. The van der Waals surface area contributed by atoms with Crippen LogP contribution in [0.15, 0.2) is 127 Å². The molecule has 0 aliphatic carbocycles. The molecule has 3 amide bonds. The van der Waals surface area contributed by atoms with Gasteiger partial charge in [0.1, 0.15) is 5.75 Å². The summed E-state index contributed by atoms with van der Waals surface area (Å²) in [5.41, 5.74) is 4.79. The maximum atomic E-state index is 15.3. The van der Waals surface area contributed by atoms with E-state index in [4.69, 9.17) is 9.47 Å². The molecule has 9 nitrogen and oxygen atoms in total. The molecule has 3 aliphatic heterocycles. The molecule has 0 radical (unpaired) electrons. The Morgan fingerprint density at radius 2 is 1.54 bits per heavy atom. The molecule has 1 spiro atoms. The SMILES string of the molecule is COc1ccc([Si](C)(C)[C@H]2[C@H](CC(=O)N3Cc4ccccc4C[C@H]3CO)O[C@@]3(C(=O)N(Cc4ccc(N(C=O)c5ccccc5)cc4)c4ccccc43)[C@@H]2C)cc1. The highest BCUT2D eigenvalue weighted by Gasteiger charge is 2.66. The van der Waals surface area contributed by atoms with Gasteiger partial charge in [0.2, 0.25) is 12.3 Å². The van der Waals surface area contributed by atoms with Gasteiger partial charge in [0.25, 0.3) is 5.91 Å². The van der Waals surface area contributed by atoms with Gasteiger partial charge in [-0.25, -0.2) is 0 Å². The Balaban J connectivity index is 1.14. The quantitative estimate of drug-likeness (QED) is 0.114. The molecule has 1 saturated heterocycles. The highest BCUT2D eigenvalue weighted by molar-refractivity contribution is 6.91. The Bertz CT molecular complexity index is 2270. The molecule has 0 unspecified atom stereocenters. The summed E-state index contributed by atoms with van der Waals surface area (Å²) < 4.78 is 12.8. The molecule has 0 bridgehead atoms. The number of aliphatic hydroxyl groups is 1. The van der Waals surface area contributed by atoms with Crippen molar-refractivity contribution in [2.45, 2.75) is 69.2 Å².